The van der Waals surface area contributed by atoms with Gasteiger partial charge >= 0.3 is 0 Å². The summed E-state index contributed by atoms with van der Waals surface area (Å²) >= 11 is 0. The van der Waals surface area contributed by atoms with E-state index < -0.39 is 0 Å². The average molecular weight is 207 g/mol. The topological polar surface area (TPSA) is 32.3 Å². The molecule has 84 valence electrons. The Hall–Kier alpha value is -0.860. The van der Waals surface area contributed by atoms with Crippen LogP contribution in [0.1, 0.15) is 37.4 Å². The molecule has 0 aliphatic carbocycles. The maximum Gasteiger partial charge on any atom is 0.0662 e. The highest BCUT2D eigenvalue weighted by molar-refractivity contribution is 5.23. The SMILES string of the molecule is CCC(O)CNC(C)c1ccc(C)cc1. The molecule has 1 aromatic carbocycles. The first-order valence-corrected chi connectivity index (χ1v) is 5.61. The molecule has 0 radical (unpaired) electrons. The fourth-order valence-corrected chi connectivity index (χ4v) is 1.43. The molecule has 0 fully saturated rings. The number of hydrogen-bond acceptors (Lipinski definition) is 2. The Balaban J connectivity index is 2.46. The molecule has 0 aromatic heterocycles. The van der Waals surface area contributed by atoms with Crippen LogP contribution in [0.15, 0.2) is 24.3 Å². The maximum atomic E-state index is 9.44. The summed E-state index contributed by atoms with van der Waals surface area (Å²) < 4.78 is 0. The Labute approximate surface area is 92.3 Å². The predicted octanol–water partition coefficient (Wildman–Crippen LogP) is 2.42. The molecule has 0 spiro atoms. The third-order valence-electron chi connectivity index (χ3n) is 2.71. The zero-order valence-corrected chi connectivity index (χ0v) is 9.83. The fourth-order valence-electron chi connectivity index (χ4n) is 1.43. The van der Waals surface area contributed by atoms with Crippen molar-refractivity contribution in [2.24, 2.45) is 0 Å². The van der Waals surface area contributed by atoms with Gasteiger partial charge in [-0.1, -0.05) is 36.8 Å². The lowest BCUT2D eigenvalue weighted by molar-refractivity contribution is 0.164. The molecule has 0 saturated heterocycles. The Morgan fingerprint density at radius 1 is 1.27 bits per heavy atom. The van der Waals surface area contributed by atoms with Crippen molar-refractivity contribution in [3.8, 4) is 0 Å². The molecule has 1 aromatic rings. The van der Waals surface area contributed by atoms with Gasteiger partial charge in [0, 0.05) is 12.6 Å². The Morgan fingerprint density at radius 2 is 1.87 bits per heavy atom. The van der Waals surface area contributed by atoms with Crippen molar-refractivity contribution in [1.82, 2.24) is 5.32 Å². The molecule has 1 rings (SSSR count). The van der Waals surface area contributed by atoms with Crippen molar-refractivity contribution in [3.05, 3.63) is 35.4 Å². The molecular formula is C13H21NO. The number of hydrogen-bond donors (Lipinski definition) is 2. The van der Waals surface area contributed by atoms with E-state index in [1.54, 1.807) is 0 Å². The number of rotatable bonds is 5. The highest BCUT2D eigenvalue weighted by atomic mass is 16.3. The molecule has 15 heavy (non-hydrogen) atoms. The average Bonchev–Trinajstić information content (AvgIpc) is 2.26. The maximum absolute atomic E-state index is 9.44. The first-order chi connectivity index (χ1) is 7.13. The molecule has 2 atom stereocenters. The van der Waals surface area contributed by atoms with E-state index >= 15 is 0 Å². The Kier molecular flexibility index (Phi) is 4.79. The first kappa shape index (κ1) is 12.2. The van der Waals surface area contributed by atoms with Crippen molar-refractivity contribution < 1.29 is 5.11 Å². The van der Waals surface area contributed by atoms with E-state index in [1.165, 1.54) is 11.1 Å². The molecule has 2 unspecified atom stereocenters. The number of nitrogens with one attached hydrogen (secondary N) is 1. The van der Waals surface area contributed by atoms with Crippen LogP contribution in [0.3, 0.4) is 0 Å². The van der Waals surface area contributed by atoms with Crippen LogP contribution >= 0.6 is 0 Å². The van der Waals surface area contributed by atoms with Crippen LogP contribution in [-0.4, -0.2) is 17.8 Å². The second-order valence-corrected chi connectivity index (χ2v) is 4.10. The van der Waals surface area contributed by atoms with Crippen molar-refractivity contribution in [2.75, 3.05) is 6.54 Å². The summed E-state index contributed by atoms with van der Waals surface area (Å²) in [4.78, 5) is 0. The minimum Gasteiger partial charge on any atom is -0.392 e. The Bertz CT molecular complexity index is 281. The summed E-state index contributed by atoms with van der Waals surface area (Å²) in [5.41, 5.74) is 2.54. The standard InChI is InChI=1S/C13H21NO/c1-4-13(15)9-14-11(3)12-7-5-10(2)6-8-12/h5-8,11,13-15H,4,9H2,1-3H3. The zero-order valence-electron chi connectivity index (χ0n) is 9.83. The van der Waals surface area contributed by atoms with Crippen molar-refractivity contribution in [3.63, 3.8) is 0 Å². The van der Waals surface area contributed by atoms with Crippen molar-refractivity contribution in [2.45, 2.75) is 39.3 Å². The van der Waals surface area contributed by atoms with Crippen LogP contribution in [0.25, 0.3) is 0 Å². The second kappa shape index (κ2) is 5.89. The normalized spacial score (nSPS) is 14.9. The van der Waals surface area contributed by atoms with Gasteiger partial charge in [0.05, 0.1) is 6.10 Å². The van der Waals surface area contributed by atoms with E-state index in [0.29, 0.717) is 12.6 Å². The smallest absolute Gasteiger partial charge is 0.0662 e. The number of benzene rings is 1. The van der Waals surface area contributed by atoms with Crippen LogP contribution in [-0.2, 0) is 0 Å². The van der Waals surface area contributed by atoms with E-state index in [4.69, 9.17) is 0 Å². The summed E-state index contributed by atoms with van der Waals surface area (Å²) in [6.07, 6.45) is 0.561. The third kappa shape index (κ3) is 4.02. The molecule has 0 bridgehead atoms. The monoisotopic (exact) mass is 207 g/mol. The zero-order chi connectivity index (χ0) is 11.3. The molecule has 2 N–H and O–H groups in total. The van der Waals surface area contributed by atoms with Crippen LogP contribution < -0.4 is 5.32 Å². The molecule has 2 nitrogen and oxygen atoms in total. The van der Waals surface area contributed by atoms with Gasteiger partial charge in [0.1, 0.15) is 0 Å². The van der Waals surface area contributed by atoms with Crippen LogP contribution in [0.4, 0.5) is 0 Å². The molecule has 2 heteroatoms. The quantitative estimate of drug-likeness (QED) is 0.777. The van der Waals surface area contributed by atoms with Crippen LogP contribution in [0.2, 0.25) is 0 Å². The molecule has 0 heterocycles. The highest BCUT2D eigenvalue weighted by Gasteiger charge is 2.06. The number of aliphatic hydroxyl groups is 1. The van der Waals surface area contributed by atoms with E-state index in [1.807, 2.05) is 6.92 Å². The van der Waals surface area contributed by atoms with Gasteiger partial charge in [0.2, 0.25) is 0 Å². The number of aliphatic hydroxyl groups excluding tert-OH is 1. The van der Waals surface area contributed by atoms with Gasteiger partial charge in [-0.3, -0.25) is 0 Å². The third-order valence-corrected chi connectivity index (χ3v) is 2.71. The summed E-state index contributed by atoms with van der Waals surface area (Å²) in [7, 11) is 0. The lowest BCUT2D eigenvalue weighted by atomic mass is 10.1. The van der Waals surface area contributed by atoms with Gasteiger partial charge in [-0.25, -0.2) is 0 Å². The van der Waals surface area contributed by atoms with Gasteiger partial charge in [-0.05, 0) is 25.8 Å². The van der Waals surface area contributed by atoms with Crippen LogP contribution in [0, 0.1) is 6.92 Å². The van der Waals surface area contributed by atoms with E-state index in [9.17, 15) is 5.11 Å². The van der Waals surface area contributed by atoms with Gasteiger partial charge in [-0.15, -0.1) is 0 Å². The summed E-state index contributed by atoms with van der Waals surface area (Å²) in [5, 5.41) is 12.8. The van der Waals surface area contributed by atoms with Crippen molar-refractivity contribution >= 4 is 0 Å². The molecule has 0 amide bonds. The van der Waals surface area contributed by atoms with Gasteiger partial charge < -0.3 is 10.4 Å². The molecule has 0 aliphatic heterocycles. The lowest BCUT2D eigenvalue weighted by Gasteiger charge is -2.16. The van der Waals surface area contributed by atoms with Gasteiger partial charge in [-0.2, -0.15) is 0 Å². The second-order valence-electron chi connectivity index (χ2n) is 4.10. The molecule has 0 aliphatic rings. The minimum atomic E-state index is -0.238. The number of aryl methyl sites for hydroxylation is 1. The van der Waals surface area contributed by atoms with Crippen LogP contribution in [0.5, 0.6) is 0 Å². The molecule has 0 saturated carbocycles. The van der Waals surface area contributed by atoms with Gasteiger partial charge in [0.15, 0.2) is 0 Å². The Morgan fingerprint density at radius 3 is 2.40 bits per heavy atom. The van der Waals surface area contributed by atoms with Crippen molar-refractivity contribution in [1.29, 1.82) is 0 Å². The predicted molar refractivity (Wildman–Crippen MR) is 63.9 cm³/mol. The highest BCUT2D eigenvalue weighted by Crippen LogP contribution is 2.12. The van der Waals surface area contributed by atoms with E-state index in [2.05, 4.69) is 43.4 Å². The van der Waals surface area contributed by atoms with E-state index in [-0.39, 0.29) is 6.10 Å². The fraction of sp³-hybridized carbons (Fsp3) is 0.538. The summed E-state index contributed by atoms with van der Waals surface area (Å²) in [6, 6.07) is 8.79. The summed E-state index contributed by atoms with van der Waals surface area (Å²) in [6.45, 7) is 6.85. The van der Waals surface area contributed by atoms with E-state index in [0.717, 1.165) is 6.42 Å². The van der Waals surface area contributed by atoms with Gasteiger partial charge in [0.25, 0.3) is 0 Å². The minimum absolute atomic E-state index is 0.238. The lowest BCUT2D eigenvalue weighted by Crippen LogP contribution is -2.28. The summed E-state index contributed by atoms with van der Waals surface area (Å²) in [5.74, 6) is 0. The first-order valence-electron chi connectivity index (χ1n) is 5.61. The molecular weight excluding hydrogens is 186 g/mol. The largest absolute Gasteiger partial charge is 0.392 e.